The van der Waals surface area contributed by atoms with Crippen LogP contribution in [0.2, 0.25) is 0 Å². The van der Waals surface area contributed by atoms with Crippen molar-refractivity contribution in [1.29, 1.82) is 0 Å². The van der Waals surface area contributed by atoms with Crippen molar-refractivity contribution in [1.82, 2.24) is 10.6 Å². The number of anilines is 1. The van der Waals surface area contributed by atoms with Crippen LogP contribution < -0.4 is 15.4 Å². The molecule has 0 bridgehead atoms. The fraction of sp³-hybridized carbons (Fsp3) is 0.588. The fourth-order valence-corrected chi connectivity index (χ4v) is 4.01. The minimum Gasteiger partial charge on any atom is -0.351 e. The van der Waals surface area contributed by atoms with E-state index in [0.717, 1.165) is 25.9 Å². The van der Waals surface area contributed by atoms with Crippen molar-refractivity contribution >= 4 is 34.0 Å². The summed E-state index contributed by atoms with van der Waals surface area (Å²) in [6.07, 6.45) is 2.55. The Labute approximate surface area is 156 Å². The maximum atomic E-state index is 12.5. The molecule has 1 aromatic rings. The minimum atomic E-state index is -3.43. The van der Waals surface area contributed by atoms with Gasteiger partial charge < -0.3 is 10.6 Å². The SMILES string of the molecule is CCCS(=O)(=O)Nc1ccccc1C(=O)NCC1(C)CCNCC1.Cl. The number of hydrogen-bond acceptors (Lipinski definition) is 4. The van der Waals surface area contributed by atoms with Crippen LogP contribution in [0.1, 0.15) is 43.5 Å². The van der Waals surface area contributed by atoms with E-state index in [4.69, 9.17) is 0 Å². The summed E-state index contributed by atoms with van der Waals surface area (Å²) in [5.41, 5.74) is 0.769. The van der Waals surface area contributed by atoms with Crippen molar-refractivity contribution in [2.45, 2.75) is 33.1 Å². The van der Waals surface area contributed by atoms with Gasteiger partial charge in [0.25, 0.3) is 5.91 Å². The number of carbonyl (C=O) groups is 1. The van der Waals surface area contributed by atoms with Gasteiger partial charge in [-0.05, 0) is 49.9 Å². The van der Waals surface area contributed by atoms with Gasteiger partial charge in [-0.25, -0.2) is 8.42 Å². The number of rotatable bonds is 7. The monoisotopic (exact) mass is 389 g/mol. The van der Waals surface area contributed by atoms with Crippen LogP contribution in [0.25, 0.3) is 0 Å². The highest BCUT2D eigenvalue weighted by molar-refractivity contribution is 7.92. The molecule has 0 spiro atoms. The Morgan fingerprint density at radius 3 is 2.52 bits per heavy atom. The molecule has 0 unspecified atom stereocenters. The van der Waals surface area contributed by atoms with E-state index in [1.165, 1.54) is 0 Å². The molecule has 1 aromatic carbocycles. The number of sulfonamides is 1. The number of para-hydroxylation sites is 1. The highest BCUT2D eigenvalue weighted by Crippen LogP contribution is 2.27. The summed E-state index contributed by atoms with van der Waals surface area (Å²) < 4.78 is 26.5. The summed E-state index contributed by atoms with van der Waals surface area (Å²) in [4.78, 5) is 12.5. The molecule has 2 rings (SSSR count). The zero-order valence-corrected chi connectivity index (χ0v) is 16.4. The van der Waals surface area contributed by atoms with Gasteiger partial charge in [0.2, 0.25) is 10.0 Å². The van der Waals surface area contributed by atoms with Crippen molar-refractivity contribution in [3.05, 3.63) is 29.8 Å². The van der Waals surface area contributed by atoms with E-state index < -0.39 is 10.0 Å². The number of nitrogens with one attached hydrogen (secondary N) is 3. The quantitative estimate of drug-likeness (QED) is 0.668. The molecular weight excluding hydrogens is 362 g/mol. The third-order valence-electron chi connectivity index (χ3n) is 4.40. The van der Waals surface area contributed by atoms with Gasteiger partial charge in [0.05, 0.1) is 17.0 Å². The maximum absolute atomic E-state index is 12.5. The van der Waals surface area contributed by atoms with E-state index in [0.29, 0.717) is 24.2 Å². The average molecular weight is 390 g/mol. The zero-order valence-electron chi connectivity index (χ0n) is 14.8. The second kappa shape index (κ2) is 9.40. The van der Waals surface area contributed by atoms with Crippen LogP contribution in [0.5, 0.6) is 0 Å². The Morgan fingerprint density at radius 2 is 1.88 bits per heavy atom. The predicted octanol–water partition coefficient (Wildman–Crippen LogP) is 2.38. The Balaban J connectivity index is 0.00000312. The van der Waals surface area contributed by atoms with E-state index >= 15 is 0 Å². The van der Waals surface area contributed by atoms with Gasteiger partial charge in [0, 0.05) is 6.54 Å². The van der Waals surface area contributed by atoms with Crippen molar-refractivity contribution in [3.63, 3.8) is 0 Å². The largest absolute Gasteiger partial charge is 0.351 e. The summed E-state index contributed by atoms with van der Waals surface area (Å²) in [6, 6.07) is 6.71. The maximum Gasteiger partial charge on any atom is 0.253 e. The van der Waals surface area contributed by atoms with E-state index in [1.54, 1.807) is 31.2 Å². The third kappa shape index (κ3) is 6.49. The molecule has 1 amide bonds. The van der Waals surface area contributed by atoms with Gasteiger partial charge in [-0.3, -0.25) is 9.52 Å². The molecule has 0 aromatic heterocycles. The van der Waals surface area contributed by atoms with Crippen molar-refractivity contribution < 1.29 is 13.2 Å². The number of amides is 1. The van der Waals surface area contributed by atoms with Gasteiger partial charge in [-0.1, -0.05) is 26.0 Å². The molecular formula is C17H28ClN3O3S. The lowest BCUT2D eigenvalue weighted by molar-refractivity contribution is 0.0923. The summed E-state index contributed by atoms with van der Waals surface area (Å²) in [7, 11) is -3.43. The third-order valence-corrected chi connectivity index (χ3v) is 5.87. The molecule has 1 saturated heterocycles. The summed E-state index contributed by atoms with van der Waals surface area (Å²) in [5, 5.41) is 6.28. The minimum absolute atomic E-state index is 0. The first kappa shape index (κ1) is 21.7. The number of benzene rings is 1. The van der Waals surface area contributed by atoms with Crippen LogP contribution in [-0.2, 0) is 10.0 Å². The molecule has 1 aliphatic rings. The van der Waals surface area contributed by atoms with E-state index in [1.807, 2.05) is 0 Å². The van der Waals surface area contributed by atoms with Crippen LogP contribution in [0.15, 0.2) is 24.3 Å². The summed E-state index contributed by atoms with van der Waals surface area (Å²) in [6.45, 7) is 6.48. The van der Waals surface area contributed by atoms with Crippen LogP contribution in [-0.4, -0.2) is 39.7 Å². The predicted molar refractivity (Wildman–Crippen MR) is 104 cm³/mol. The number of hydrogen-bond donors (Lipinski definition) is 3. The Bertz CT molecular complexity index is 673. The Hall–Kier alpha value is -1.31. The zero-order chi connectivity index (χ0) is 17.6. The van der Waals surface area contributed by atoms with E-state index in [-0.39, 0.29) is 29.5 Å². The van der Waals surface area contributed by atoms with Gasteiger partial charge >= 0.3 is 0 Å². The molecule has 1 fully saturated rings. The summed E-state index contributed by atoms with van der Waals surface area (Å²) >= 11 is 0. The molecule has 3 N–H and O–H groups in total. The standard InChI is InChI=1S/C17H27N3O3S.ClH/c1-3-12-24(22,23)20-15-7-5-4-6-14(15)16(21)19-13-17(2)8-10-18-11-9-17;/h4-7,18,20H,3,8-13H2,1-2H3,(H,19,21);1H. The van der Waals surface area contributed by atoms with Crippen LogP contribution in [0.3, 0.4) is 0 Å². The molecule has 0 aliphatic carbocycles. The van der Waals surface area contributed by atoms with Crippen LogP contribution in [0, 0.1) is 5.41 Å². The molecule has 6 nitrogen and oxygen atoms in total. The first-order valence-electron chi connectivity index (χ1n) is 8.44. The second-order valence-corrected chi connectivity index (χ2v) is 8.55. The average Bonchev–Trinajstić information content (AvgIpc) is 2.53. The highest BCUT2D eigenvalue weighted by atomic mass is 35.5. The molecule has 0 atom stereocenters. The lowest BCUT2D eigenvalue weighted by Gasteiger charge is -2.34. The first-order chi connectivity index (χ1) is 11.4. The molecule has 0 radical (unpaired) electrons. The van der Waals surface area contributed by atoms with Gasteiger partial charge in [0.15, 0.2) is 0 Å². The molecule has 0 saturated carbocycles. The van der Waals surface area contributed by atoms with Crippen LogP contribution in [0.4, 0.5) is 5.69 Å². The van der Waals surface area contributed by atoms with Crippen molar-refractivity contribution in [2.24, 2.45) is 5.41 Å². The molecule has 25 heavy (non-hydrogen) atoms. The Kier molecular flexibility index (Phi) is 8.18. The fourth-order valence-electron chi connectivity index (χ4n) is 2.85. The molecule has 1 aliphatic heterocycles. The van der Waals surface area contributed by atoms with Crippen LogP contribution >= 0.6 is 12.4 Å². The van der Waals surface area contributed by atoms with Crippen molar-refractivity contribution in [3.8, 4) is 0 Å². The van der Waals surface area contributed by atoms with E-state index in [2.05, 4.69) is 22.3 Å². The first-order valence-corrected chi connectivity index (χ1v) is 10.1. The van der Waals surface area contributed by atoms with Crippen molar-refractivity contribution in [2.75, 3.05) is 30.1 Å². The molecule has 8 heteroatoms. The number of halogens is 1. The topological polar surface area (TPSA) is 87.3 Å². The molecule has 1 heterocycles. The lowest BCUT2D eigenvalue weighted by Crippen LogP contribution is -2.43. The smallest absolute Gasteiger partial charge is 0.253 e. The number of piperidine rings is 1. The Morgan fingerprint density at radius 1 is 1.24 bits per heavy atom. The normalized spacial score (nSPS) is 16.6. The van der Waals surface area contributed by atoms with Gasteiger partial charge in [0.1, 0.15) is 0 Å². The summed E-state index contributed by atoms with van der Waals surface area (Å²) in [5.74, 6) is -0.210. The highest BCUT2D eigenvalue weighted by Gasteiger charge is 2.27. The number of carbonyl (C=O) groups excluding carboxylic acids is 1. The molecule has 142 valence electrons. The second-order valence-electron chi connectivity index (χ2n) is 6.71. The lowest BCUT2D eigenvalue weighted by atomic mass is 9.81. The van der Waals surface area contributed by atoms with E-state index in [9.17, 15) is 13.2 Å². The van der Waals surface area contributed by atoms with Gasteiger partial charge in [-0.2, -0.15) is 0 Å². The van der Waals surface area contributed by atoms with Gasteiger partial charge in [-0.15, -0.1) is 12.4 Å².